The molecule has 138 valence electrons. The van der Waals surface area contributed by atoms with Gasteiger partial charge in [0, 0.05) is 19.6 Å². The first-order valence-electron chi connectivity index (χ1n) is 7.52. The van der Waals surface area contributed by atoms with E-state index < -0.39 is 42.9 Å². The second kappa shape index (κ2) is 6.83. The van der Waals surface area contributed by atoms with Crippen LogP contribution in [-0.4, -0.2) is 85.6 Å². The number of carbonyl (C=O) groups is 2. The van der Waals surface area contributed by atoms with Crippen molar-refractivity contribution in [3.05, 3.63) is 0 Å². The average molecular weight is 356 g/mol. The Morgan fingerprint density at radius 1 is 1.38 bits per heavy atom. The van der Waals surface area contributed by atoms with Crippen molar-refractivity contribution in [2.45, 2.75) is 18.8 Å². The third-order valence-corrected chi connectivity index (χ3v) is 4.72. The van der Waals surface area contributed by atoms with Crippen molar-refractivity contribution in [3.8, 4) is 0 Å². The fourth-order valence-corrected chi connectivity index (χ4v) is 3.39. The number of carbonyl (C=O) groups excluding carboxylic acids is 1. The Morgan fingerprint density at radius 3 is 2.62 bits per heavy atom. The number of aliphatic carboxylic acids is 1. The number of rotatable bonds is 6. The number of likely N-dealkylation sites (tertiary alicyclic amines) is 2. The molecule has 1 amide bonds. The van der Waals surface area contributed by atoms with E-state index in [2.05, 4.69) is 4.74 Å². The van der Waals surface area contributed by atoms with Crippen LogP contribution in [0.25, 0.3) is 0 Å². The lowest BCUT2D eigenvalue weighted by Gasteiger charge is -2.39. The minimum atomic E-state index is -4.32. The van der Waals surface area contributed by atoms with Crippen LogP contribution in [0, 0.1) is 11.3 Å². The van der Waals surface area contributed by atoms with Gasteiger partial charge in [0.05, 0.1) is 0 Å². The predicted molar refractivity (Wildman–Crippen MR) is 74.0 cm³/mol. The lowest BCUT2D eigenvalue weighted by atomic mass is 9.73. The number of carboxylic acid groups (broad SMARTS) is 1. The molecule has 0 bridgehead atoms. The van der Waals surface area contributed by atoms with E-state index in [-0.39, 0.29) is 19.0 Å². The van der Waals surface area contributed by atoms with Gasteiger partial charge in [0.25, 0.3) is 0 Å². The van der Waals surface area contributed by atoms with Crippen LogP contribution >= 0.6 is 0 Å². The zero-order valence-corrected chi connectivity index (χ0v) is 13.2. The topological polar surface area (TPSA) is 70.1 Å². The summed E-state index contributed by atoms with van der Waals surface area (Å²) in [5.41, 5.74) is -1.09. The summed E-state index contributed by atoms with van der Waals surface area (Å²) in [4.78, 5) is 26.9. The van der Waals surface area contributed by atoms with Gasteiger partial charge in [0.2, 0.25) is 5.91 Å². The zero-order valence-electron chi connectivity index (χ0n) is 13.2. The number of fused-ring (bicyclic) bond motifs is 1. The number of amides is 1. The van der Waals surface area contributed by atoms with Crippen LogP contribution in [-0.2, 0) is 14.3 Å². The quantitative estimate of drug-likeness (QED) is 0.712. The molecular formula is C14H20F4N2O4. The number of ether oxygens (including phenoxy) is 1. The highest BCUT2D eigenvalue weighted by Crippen LogP contribution is 2.42. The summed E-state index contributed by atoms with van der Waals surface area (Å²) in [6.07, 6.45) is -3.26. The standard InChI is InChI=1S/C14H20F4N2O4/c1-19-3-2-9-4-20(7-13(9,6-19)12(22)23)10(21)5-24-8-14(17,18)11(15)16/h9,11H,2-8H2,1H3,(H,22,23)/t9-,13-/m1/s1. The van der Waals surface area contributed by atoms with Gasteiger partial charge < -0.3 is 19.6 Å². The van der Waals surface area contributed by atoms with Crippen LogP contribution in [0.4, 0.5) is 17.6 Å². The maximum atomic E-state index is 12.7. The minimum absolute atomic E-state index is 0.0369. The van der Waals surface area contributed by atoms with Gasteiger partial charge in [0.15, 0.2) is 0 Å². The normalized spacial score (nSPS) is 28.2. The van der Waals surface area contributed by atoms with E-state index >= 15 is 0 Å². The van der Waals surface area contributed by atoms with Crippen molar-refractivity contribution in [3.63, 3.8) is 0 Å². The van der Waals surface area contributed by atoms with E-state index in [1.807, 2.05) is 4.90 Å². The molecule has 0 aromatic rings. The Hall–Kier alpha value is -1.42. The summed E-state index contributed by atoms with van der Waals surface area (Å²) in [5.74, 6) is -6.21. The molecule has 2 aliphatic heterocycles. The molecule has 6 nitrogen and oxygen atoms in total. The highest BCUT2D eigenvalue weighted by Gasteiger charge is 2.55. The summed E-state index contributed by atoms with van der Waals surface area (Å²) in [6, 6.07) is 0. The number of alkyl halides is 4. The number of carboxylic acids is 1. The van der Waals surface area contributed by atoms with Gasteiger partial charge in [-0.1, -0.05) is 0 Å². The Balaban J connectivity index is 1.94. The number of piperidine rings is 1. The van der Waals surface area contributed by atoms with Crippen molar-refractivity contribution in [1.82, 2.24) is 9.80 Å². The zero-order chi connectivity index (χ0) is 18.1. The smallest absolute Gasteiger partial charge is 0.330 e. The van der Waals surface area contributed by atoms with Crippen molar-refractivity contribution in [2.24, 2.45) is 11.3 Å². The largest absolute Gasteiger partial charge is 0.481 e. The number of hydrogen-bond donors (Lipinski definition) is 1. The van der Waals surface area contributed by atoms with Gasteiger partial charge >= 0.3 is 18.3 Å². The molecule has 2 rings (SSSR count). The highest BCUT2D eigenvalue weighted by molar-refractivity contribution is 5.82. The Kier molecular flexibility index (Phi) is 5.38. The molecule has 0 aromatic carbocycles. The molecule has 2 aliphatic rings. The molecular weight excluding hydrogens is 336 g/mol. The number of halogens is 4. The van der Waals surface area contributed by atoms with Gasteiger partial charge in [-0.25, -0.2) is 8.78 Å². The molecule has 1 N–H and O–H groups in total. The fourth-order valence-electron chi connectivity index (χ4n) is 3.39. The number of nitrogens with zero attached hydrogens (tertiary/aromatic N) is 2. The Bertz CT molecular complexity index is 505. The molecule has 0 radical (unpaired) electrons. The Morgan fingerprint density at radius 2 is 2.04 bits per heavy atom. The van der Waals surface area contributed by atoms with Crippen molar-refractivity contribution in [1.29, 1.82) is 0 Å². The van der Waals surface area contributed by atoms with Crippen molar-refractivity contribution in [2.75, 3.05) is 46.4 Å². The first kappa shape index (κ1) is 18.9. The van der Waals surface area contributed by atoms with Gasteiger partial charge in [0.1, 0.15) is 18.6 Å². The second-order valence-electron chi connectivity index (χ2n) is 6.51. The van der Waals surface area contributed by atoms with Gasteiger partial charge in [-0.05, 0) is 25.9 Å². The van der Waals surface area contributed by atoms with Crippen LogP contribution in [0.2, 0.25) is 0 Å². The lowest BCUT2D eigenvalue weighted by Crippen LogP contribution is -2.52. The molecule has 2 fully saturated rings. The fraction of sp³-hybridized carbons (Fsp3) is 0.857. The van der Waals surface area contributed by atoms with E-state index in [1.165, 1.54) is 4.90 Å². The molecule has 10 heteroatoms. The summed E-state index contributed by atoms with van der Waals surface area (Å²) in [7, 11) is 1.79. The second-order valence-corrected chi connectivity index (χ2v) is 6.51. The SMILES string of the molecule is CN1CC[C@@H]2CN(C(=O)COCC(F)(F)C(F)F)C[C@]2(C(=O)O)C1. The molecule has 2 atom stereocenters. The van der Waals surface area contributed by atoms with Crippen molar-refractivity contribution < 1.29 is 37.0 Å². The lowest BCUT2D eigenvalue weighted by molar-refractivity contribution is -0.170. The minimum Gasteiger partial charge on any atom is -0.481 e. The van der Waals surface area contributed by atoms with E-state index in [9.17, 15) is 32.3 Å². The molecule has 2 heterocycles. The molecule has 2 saturated heterocycles. The van der Waals surface area contributed by atoms with E-state index in [0.717, 1.165) is 0 Å². The molecule has 0 aromatic heterocycles. The molecule has 24 heavy (non-hydrogen) atoms. The van der Waals surface area contributed by atoms with Crippen LogP contribution in [0.15, 0.2) is 0 Å². The summed E-state index contributed by atoms with van der Waals surface area (Å²) in [6.45, 7) is -1.17. The molecule has 0 aliphatic carbocycles. The predicted octanol–water partition coefficient (Wildman–Crippen LogP) is 0.768. The van der Waals surface area contributed by atoms with E-state index in [4.69, 9.17) is 0 Å². The molecule has 0 saturated carbocycles. The maximum Gasteiger partial charge on any atom is 0.330 e. The summed E-state index contributed by atoms with van der Waals surface area (Å²) >= 11 is 0. The summed E-state index contributed by atoms with van der Waals surface area (Å²) < 4.78 is 53.9. The van der Waals surface area contributed by atoms with E-state index in [1.54, 1.807) is 7.05 Å². The van der Waals surface area contributed by atoms with Crippen LogP contribution in [0.3, 0.4) is 0 Å². The first-order valence-corrected chi connectivity index (χ1v) is 7.52. The first-order chi connectivity index (χ1) is 11.1. The van der Waals surface area contributed by atoms with Gasteiger partial charge in [-0.2, -0.15) is 8.78 Å². The van der Waals surface area contributed by atoms with Crippen LogP contribution in [0.1, 0.15) is 6.42 Å². The van der Waals surface area contributed by atoms with Crippen LogP contribution in [0.5, 0.6) is 0 Å². The third kappa shape index (κ3) is 3.64. The maximum absolute atomic E-state index is 12.7. The van der Waals surface area contributed by atoms with Crippen molar-refractivity contribution >= 4 is 11.9 Å². The van der Waals surface area contributed by atoms with E-state index in [0.29, 0.717) is 19.5 Å². The number of hydrogen-bond acceptors (Lipinski definition) is 4. The molecule has 0 spiro atoms. The summed E-state index contributed by atoms with van der Waals surface area (Å²) in [5, 5.41) is 9.58. The molecule has 0 unspecified atom stereocenters. The third-order valence-electron chi connectivity index (χ3n) is 4.72. The highest BCUT2D eigenvalue weighted by atomic mass is 19.3. The van der Waals surface area contributed by atoms with Gasteiger partial charge in [-0.15, -0.1) is 0 Å². The monoisotopic (exact) mass is 356 g/mol. The van der Waals surface area contributed by atoms with Crippen LogP contribution < -0.4 is 0 Å². The average Bonchev–Trinajstić information content (AvgIpc) is 2.86. The Labute approximate surface area is 136 Å². The van der Waals surface area contributed by atoms with Gasteiger partial charge in [-0.3, -0.25) is 9.59 Å².